The molecule has 7 rings (SSSR count). The van der Waals surface area contributed by atoms with Gasteiger partial charge in [0.25, 0.3) is 0 Å². The molecule has 4 saturated heterocycles. The average molecular weight is 571 g/mol. The highest BCUT2D eigenvalue weighted by atomic mass is 16.7. The minimum Gasteiger partial charge on any atom is -0.472 e. The molecule has 1 aromatic rings. The maximum Gasteiger partial charge on any atom is 0.339 e. The van der Waals surface area contributed by atoms with Gasteiger partial charge >= 0.3 is 11.9 Å². The largest absolute Gasteiger partial charge is 0.472 e. The summed E-state index contributed by atoms with van der Waals surface area (Å²) in [6.07, 6.45) is 5.07. The molecule has 6 aliphatic rings. The van der Waals surface area contributed by atoms with Crippen molar-refractivity contribution in [1.82, 2.24) is 4.90 Å². The lowest BCUT2D eigenvalue weighted by Crippen LogP contribution is -2.72. The van der Waals surface area contributed by atoms with Gasteiger partial charge in [-0.15, -0.1) is 0 Å². The van der Waals surface area contributed by atoms with Crippen LogP contribution in [0.4, 0.5) is 0 Å². The Morgan fingerprint density at radius 1 is 1.07 bits per heavy atom. The van der Waals surface area contributed by atoms with Gasteiger partial charge < -0.3 is 33.1 Å². The molecule has 41 heavy (non-hydrogen) atoms. The Labute approximate surface area is 241 Å². The molecule has 0 unspecified atom stereocenters. The first-order valence-electron chi connectivity index (χ1n) is 15.0. The number of cyclic esters (lactones) is 2. The maximum absolute atomic E-state index is 13.5. The molecule has 2 aliphatic carbocycles. The normalized spacial score (nSPS) is 46.5. The van der Waals surface area contributed by atoms with E-state index in [1.54, 1.807) is 12.5 Å². The highest BCUT2D eigenvalue weighted by Crippen LogP contribution is 2.80. The Bertz CT molecular complexity index is 1280. The van der Waals surface area contributed by atoms with Crippen LogP contribution in [0.5, 0.6) is 0 Å². The summed E-state index contributed by atoms with van der Waals surface area (Å²) in [6.45, 7) is 10.3. The molecule has 4 aliphatic heterocycles. The van der Waals surface area contributed by atoms with Gasteiger partial charge in [0.05, 0.1) is 36.4 Å². The standard InChI is InChI=1S/C31H42N2O8/c1-27(2)20-14-21(32-38-12-7-11-33(5)6)29(4)19(30(20)17-37-23(34)15-22(30)40-27)8-10-28(3)24(18-9-13-36-16-18)39-26(35)25-31(28,29)41-25/h9,13,16,19-20,22,24-25H,7-8,10-12,14-15,17H2,1-6H3/b32-21-/t19-,20-,22-,24-,25+,28-,29-,30+,31+/m0/s1. The predicted octanol–water partition coefficient (Wildman–Crippen LogP) is 3.89. The number of esters is 2. The molecule has 0 radical (unpaired) electrons. The Balaban J connectivity index is 1.37. The zero-order valence-electron chi connectivity index (χ0n) is 24.9. The number of epoxide rings is 1. The molecular weight excluding hydrogens is 528 g/mol. The van der Waals surface area contributed by atoms with Crippen molar-refractivity contribution >= 4 is 17.7 Å². The van der Waals surface area contributed by atoms with Crippen LogP contribution < -0.4 is 0 Å². The number of hydrogen-bond acceptors (Lipinski definition) is 10. The van der Waals surface area contributed by atoms with Crippen molar-refractivity contribution in [2.75, 3.05) is 33.9 Å². The first-order valence-corrected chi connectivity index (χ1v) is 15.0. The molecule has 224 valence electrons. The second-order valence-electron chi connectivity index (χ2n) is 14.3. The highest BCUT2D eigenvalue weighted by molar-refractivity contribution is 5.96. The van der Waals surface area contributed by atoms with E-state index in [-0.39, 0.29) is 36.3 Å². The third-order valence-corrected chi connectivity index (χ3v) is 11.8. The van der Waals surface area contributed by atoms with E-state index in [1.165, 1.54) is 0 Å². The fourth-order valence-electron chi connectivity index (χ4n) is 10.1. The number of oxime groups is 1. The second-order valence-corrected chi connectivity index (χ2v) is 14.3. The van der Waals surface area contributed by atoms with Gasteiger partial charge in [-0.2, -0.15) is 0 Å². The zero-order valence-corrected chi connectivity index (χ0v) is 24.9. The summed E-state index contributed by atoms with van der Waals surface area (Å²) in [4.78, 5) is 34.3. The summed E-state index contributed by atoms with van der Waals surface area (Å²) in [5, 5.41) is 4.90. The molecule has 0 amide bonds. The van der Waals surface area contributed by atoms with Crippen LogP contribution in [0.15, 0.2) is 28.2 Å². The van der Waals surface area contributed by atoms with Crippen LogP contribution in [0.25, 0.3) is 0 Å². The summed E-state index contributed by atoms with van der Waals surface area (Å²) in [5.74, 6) is -0.515. The molecule has 6 fully saturated rings. The lowest BCUT2D eigenvalue weighted by Gasteiger charge is -2.65. The van der Waals surface area contributed by atoms with Crippen LogP contribution in [-0.2, 0) is 33.4 Å². The quantitative estimate of drug-likeness (QED) is 0.218. The average Bonchev–Trinajstić information content (AvgIpc) is 3.39. The van der Waals surface area contributed by atoms with E-state index in [9.17, 15) is 9.59 Å². The van der Waals surface area contributed by atoms with Crippen LogP contribution >= 0.6 is 0 Å². The number of fused-ring (bicyclic) bond motifs is 1. The molecule has 9 atom stereocenters. The third kappa shape index (κ3) is 3.38. The van der Waals surface area contributed by atoms with Crippen LogP contribution in [0, 0.1) is 28.1 Å². The Morgan fingerprint density at radius 2 is 1.88 bits per heavy atom. The second kappa shape index (κ2) is 8.80. The number of carbonyl (C=O) groups is 2. The van der Waals surface area contributed by atoms with Crippen molar-refractivity contribution in [2.24, 2.45) is 33.2 Å². The molecule has 2 spiro atoms. The monoisotopic (exact) mass is 570 g/mol. The fourth-order valence-corrected chi connectivity index (χ4v) is 10.1. The van der Waals surface area contributed by atoms with Crippen LogP contribution in [-0.4, -0.2) is 79.8 Å². The summed E-state index contributed by atoms with van der Waals surface area (Å²) < 4.78 is 30.8. The Hall–Kier alpha value is -2.43. The molecule has 2 saturated carbocycles. The molecule has 10 heteroatoms. The van der Waals surface area contributed by atoms with Crippen LogP contribution in [0.3, 0.4) is 0 Å². The Morgan fingerprint density at radius 3 is 2.61 bits per heavy atom. The number of ether oxygens (including phenoxy) is 4. The van der Waals surface area contributed by atoms with Gasteiger partial charge in [-0.1, -0.05) is 19.0 Å². The van der Waals surface area contributed by atoms with Crippen molar-refractivity contribution in [3.63, 3.8) is 0 Å². The summed E-state index contributed by atoms with van der Waals surface area (Å²) in [6, 6.07) is 1.87. The molecule has 0 bridgehead atoms. The van der Waals surface area contributed by atoms with Gasteiger partial charge in [0.1, 0.15) is 24.9 Å². The molecule has 10 nitrogen and oxygen atoms in total. The van der Waals surface area contributed by atoms with E-state index in [0.29, 0.717) is 19.6 Å². The lowest BCUT2D eigenvalue weighted by atomic mass is 9.37. The van der Waals surface area contributed by atoms with E-state index in [0.717, 1.165) is 37.1 Å². The van der Waals surface area contributed by atoms with Gasteiger partial charge in [-0.05, 0) is 65.6 Å². The van der Waals surface area contributed by atoms with E-state index >= 15 is 0 Å². The molecule has 0 N–H and O–H groups in total. The molecule has 1 aromatic heterocycles. The van der Waals surface area contributed by atoms with Gasteiger partial charge in [0.2, 0.25) is 0 Å². The number of rotatable bonds is 6. The van der Waals surface area contributed by atoms with E-state index in [4.69, 9.17) is 33.4 Å². The van der Waals surface area contributed by atoms with E-state index < -0.39 is 39.7 Å². The minimum atomic E-state index is -0.857. The SMILES string of the molecule is CN(C)CCCO/N=C1/C[C@H]2C(C)(C)O[C@H]3CC(=O)OC[C@]32[C@H]2CC[C@@]3(C)[C@H](c4ccoc4)OC(=O)[C@H]4O[C@]43[C@]12C. The minimum absolute atomic E-state index is 0.00766. The smallest absolute Gasteiger partial charge is 0.339 e. The number of nitrogens with zero attached hydrogens (tertiary/aromatic N) is 2. The highest BCUT2D eigenvalue weighted by Gasteiger charge is 2.89. The first kappa shape index (κ1) is 27.4. The lowest BCUT2D eigenvalue weighted by molar-refractivity contribution is -0.209. The van der Waals surface area contributed by atoms with E-state index in [2.05, 4.69) is 32.6 Å². The predicted molar refractivity (Wildman–Crippen MR) is 146 cm³/mol. The fraction of sp³-hybridized carbons (Fsp3) is 0.774. The number of furan rings is 1. The van der Waals surface area contributed by atoms with E-state index in [1.807, 2.05) is 20.2 Å². The first-order chi connectivity index (χ1) is 19.4. The third-order valence-electron chi connectivity index (χ3n) is 11.8. The van der Waals surface area contributed by atoms with Crippen LogP contribution in [0.2, 0.25) is 0 Å². The summed E-state index contributed by atoms with van der Waals surface area (Å²) >= 11 is 0. The summed E-state index contributed by atoms with van der Waals surface area (Å²) in [5.41, 5.74) is -1.25. The van der Waals surface area contributed by atoms with Crippen molar-refractivity contribution in [1.29, 1.82) is 0 Å². The van der Waals surface area contributed by atoms with Crippen molar-refractivity contribution in [2.45, 2.75) is 89.3 Å². The molecule has 5 heterocycles. The number of hydrogen-bond donors (Lipinski definition) is 0. The maximum atomic E-state index is 13.5. The van der Waals surface area contributed by atoms with Crippen molar-refractivity contribution in [3.05, 3.63) is 24.2 Å². The topological polar surface area (TPSA) is 112 Å². The van der Waals surface area contributed by atoms with Crippen molar-refractivity contribution < 1.29 is 37.8 Å². The Kier molecular flexibility index (Phi) is 5.88. The van der Waals surface area contributed by atoms with Gasteiger partial charge in [-0.3, -0.25) is 4.79 Å². The zero-order chi connectivity index (χ0) is 29.0. The number of carbonyl (C=O) groups excluding carboxylic acids is 2. The van der Waals surface area contributed by atoms with Gasteiger partial charge in [0, 0.05) is 34.3 Å². The van der Waals surface area contributed by atoms with Crippen molar-refractivity contribution in [3.8, 4) is 0 Å². The van der Waals surface area contributed by atoms with Crippen LogP contribution in [0.1, 0.15) is 71.5 Å². The molecular formula is C31H42N2O8. The van der Waals surface area contributed by atoms with Gasteiger partial charge in [-0.25, -0.2) is 4.79 Å². The molecule has 0 aromatic carbocycles. The van der Waals surface area contributed by atoms with Gasteiger partial charge in [0.15, 0.2) is 6.10 Å². The summed E-state index contributed by atoms with van der Waals surface area (Å²) in [7, 11) is 4.08.